The number of oxime groups is 1. The maximum Gasteiger partial charge on any atom is 0.189 e. The lowest BCUT2D eigenvalue weighted by molar-refractivity contribution is 0.118. The van der Waals surface area contributed by atoms with E-state index in [2.05, 4.69) is 15.1 Å². The van der Waals surface area contributed by atoms with Gasteiger partial charge in [0.1, 0.15) is 5.69 Å². The Balaban J connectivity index is 1.79. The highest BCUT2D eigenvalue weighted by Crippen LogP contribution is 2.08. The van der Waals surface area contributed by atoms with E-state index < -0.39 is 0 Å². The van der Waals surface area contributed by atoms with E-state index in [-0.39, 0.29) is 5.84 Å². The van der Waals surface area contributed by atoms with E-state index in [0.29, 0.717) is 18.9 Å². The molecule has 6 nitrogen and oxygen atoms in total. The molecular weight excluding hydrogens is 268 g/mol. The Labute approximate surface area is 123 Å². The van der Waals surface area contributed by atoms with Crippen LogP contribution in [-0.4, -0.2) is 27.6 Å². The van der Waals surface area contributed by atoms with Crippen molar-refractivity contribution in [1.82, 2.24) is 9.97 Å². The fourth-order valence-electron chi connectivity index (χ4n) is 1.94. The number of hydrogen-bond donors (Lipinski definition) is 2. The van der Waals surface area contributed by atoms with Crippen molar-refractivity contribution < 1.29 is 9.94 Å². The molecule has 21 heavy (non-hydrogen) atoms. The molecule has 0 aromatic carbocycles. The normalized spacial score (nSPS) is 11.5. The van der Waals surface area contributed by atoms with Gasteiger partial charge in [-0.2, -0.15) is 0 Å². The SMILES string of the molecule is NC(=NO)c1ncccc1COCCCc1ccncc1. The van der Waals surface area contributed by atoms with Gasteiger partial charge in [0.15, 0.2) is 5.84 Å². The van der Waals surface area contributed by atoms with E-state index in [1.54, 1.807) is 24.7 Å². The highest BCUT2D eigenvalue weighted by Gasteiger charge is 2.07. The summed E-state index contributed by atoms with van der Waals surface area (Å²) in [5.41, 5.74) is 8.08. The summed E-state index contributed by atoms with van der Waals surface area (Å²) in [7, 11) is 0. The third kappa shape index (κ3) is 4.54. The lowest BCUT2D eigenvalue weighted by atomic mass is 10.1. The Morgan fingerprint density at radius 3 is 2.81 bits per heavy atom. The van der Waals surface area contributed by atoms with E-state index in [1.807, 2.05) is 18.2 Å². The maximum absolute atomic E-state index is 8.73. The molecule has 2 aromatic rings. The predicted octanol–water partition coefficient (Wildman–Crippen LogP) is 1.72. The largest absolute Gasteiger partial charge is 0.409 e. The van der Waals surface area contributed by atoms with Gasteiger partial charge in [-0.25, -0.2) is 0 Å². The fraction of sp³-hybridized carbons (Fsp3) is 0.267. The topological polar surface area (TPSA) is 93.6 Å². The molecule has 6 heteroatoms. The highest BCUT2D eigenvalue weighted by atomic mass is 16.5. The Bertz CT molecular complexity index is 587. The van der Waals surface area contributed by atoms with Crippen LogP contribution in [0.2, 0.25) is 0 Å². The van der Waals surface area contributed by atoms with Crippen LogP contribution in [0.1, 0.15) is 23.2 Å². The first-order chi connectivity index (χ1) is 10.3. The fourth-order valence-corrected chi connectivity index (χ4v) is 1.94. The molecule has 0 amide bonds. The summed E-state index contributed by atoms with van der Waals surface area (Å²) in [6, 6.07) is 7.64. The van der Waals surface area contributed by atoms with Gasteiger partial charge in [-0.1, -0.05) is 11.2 Å². The molecule has 0 bridgehead atoms. The van der Waals surface area contributed by atoms with Crippen LogP contribution in [0, 0.1) is 0 Å². The minimum Gasteiger partial charge on any atom is -0.409 e. The first-order valence-corrected chi connectivity index (χ1v) is 6.69. The van der Waals surface area contributed by atoms with Crippen molar-refractivity contribution in [3.8, 4) is 0 Å². The van der Waals surface area contributed by atoms with Crippen LogP contribution < -0.4 is 5.73 Å². The van der Waals surface area contributed by atoms with Crippen molar-refractivity contribution in [1.29, 1.82) is 0 Å². The number of pyridine rings is 2. The smallest absolute Gasteiger partial charge is 0.189 e. The Morgan fingerprint density at radius 2 is 2.05 bits per heavy atom. The van der Waals surface area contributed by atoms with Crippen LogP contribution in [0.5, 0.6) is 0 Å². The molecule has 0 aliphatic heterocycles. The molecule has 2 rings (SSSR count). The molecule has 0 saturated heterocycles. The van der Waals surface area contributed by atoms with Crippen LogP contribution >= 0.6 is 0 Å². The maximum atomic E-state index is 8.73. The van der Waals surface area contributed by atoms with Gasteiger partial charge in [-0.05, 0) is 36.6 Å². The van der Waals surface area contributed by atoms with Gasteiger partial charge in [-0.3, -0.25) is 9.97 Å². The molecule has 0 saturated carbocycles. The second kappa shape index (κ2) is 7.96. The number of nitrogens with two attached hydrogens (primary N) is 1. The quantitative estimate of drug-likeness (QED) is 0.266. The van der Waals surface area contributed by atoms with Crippen molar-refractivity contribution in [2.24, 2.45) is 10.9 Å². The van der Waals surface area contributed by atoms with E-state index in [4.69, 9.17) is 15.7 Å². The highest BCUT2D eigenvalue weighted by molar-refractivity contribution is 5.96. The van der Waals surface area contributed by atoms with E-state index in [0.717, 1.165) is 18.4 Å². The second-order valence-electron chi connectivity index (χ2n) is 4.51. The van der Waals surface area contributed by atoms with E-state index in [1.165, 1.54) is 5.56 Å². The molecule has 2 heterocycles. The summed E-state index contributed by atoms with van der Waals surface area (Å²) >= 11 is 0. The van der Waals surface area contributed by atoms with Crippen molar-refractivity contribution >= 4 is 5.84 Å². The standard InChI is InChI=1S/C15H18N4O2/c16-15(19-20)14-13(4-1-7-18-14)11-21-10-2-3-12-5-8-17-9-6-12/h1,4-9,20H,2-3,10-11H2,(H2,16,19). The first-order valence-electron chi connectivity index (χ1n) is 6.69. The molecule has 110 valence electrons. The van der Waals surface area contributed by atoms with Crippen LogP contribution in [0.3, 0.4) is 0 Å². The van der Waals surface area contributed by atoms with Gasteiger partial charge in [0.2, 0.25) is 0 Å². The van der Waals surface area contributed by atoms with Crippen LogP contribution in [0.15, 0.2) is 48.0 Å². The summed E-state index contributed by atoms with van der Waals surface area (Å²) in [6.07, 6.45) is 7.04. The average Bonchev–Trinajstić information content (AvgIpc) is 2.55. The van der Waals surface area contributed by atoms with E-state index in [9.17, 15) is 0 Å². The Morgan fingerprint density at radius 1 is 1.24 bits per heavy atom. The van der Waals surface area contributed by atoms with E-state index >= 15 is 0 Å². The number of hydrogen-bond acceptors (Lipinski definition) is 5. The van der Waals surface area contributed by atoms with Gasteiger partial charge in [0, 0.05) is 30.8 Å². The summed E-state index contributed by atoms with van der Waals surface area (Å²) in [5.74, 6) is -0.00835. The summed E-state index contributed by atoms with van der Waals surface area (Å²) < 4.78 is 5.63. The lowest BCUT2D eigenvalue weighted by Gasteiger charge is -2.08. The number of aromatic nitrogens is 2. The first kappa shape index (κ1) is 14.9. The molecule has 0 spiro atoms. The molecule has 0 aliphatic carbocycles. The zero-order valence-corrected chi connectivity index (χ0v) is 11.6. The van der Waals surface area contributed by atoms with Crippen molar-refractivity contribution in [3.05, 3.63) is 59.7 Å². The van der Waals surface area contributed by atoms with Crippen LogP contribution in [-0.2, 0) is 17.8 Å². The average molecular weight is 286 g/mol. The van der Waals surface area contributed by atoms with Gasteiger partial charge < -0.3 is 15.7 Å². The Kier molecular flexibility index (Phi) is 5.66. The number of aryl methyl sites for hydroxylation is 1. The van der Waals surface area contributed by atoms with Gasteiger partial charge in [-0.15, -0.1) is 0 Å². The molecule has 0 aliphatic rings. The minimum absolute atomic E-state index is 0.00835. The molecular formula is C15H18N4O2. The molecule has 3 N–H and O–H groups in total. The monoisotopic (exact) mass is 286 g/mol. The Hall–Kier alpha value is -2.47. The molecule has 0 unspecified atom stereocenters. The minimum atomic E-state index is -0.00835. The van der Waals surface area contributed by atoms with Gasteiger partial charge in [0.25, 0.3) is 0 Å². The van der Waals surface area contributed by atoms with Gasteiger partial charge >= 0.3 is 0 Å². The van der Waals surface area contributed by atoms with Gasteiger partial charge in [0.05, 0.1) is 6.61 Å². The number of rotatable bonds is 7. The lowest BCUT2D eigenvalue weighted by Crippen LogP contribution is -2.18. The summed E-state index contributed by atoms with van der Waals surface area (Å²) in [5, 5.41) is 11.7. The summed E-state index contributed by atoms with van der Waals surface area (Å²) in [4.78, 5) is 8.08. The van der Waals surface area contributed by atoms with Crippen molar-refractivity contribution in [2.45, 2.75) is 19.4 Å². The predicted molar refractivity (Wildman–Crippen MR) is 79.0 cm³/mol. The molecule has 0 fully saturated rings. The summed E-state index contributed by atoms with van der Waals surface area (Å²) in [6.45, 7) is 1.02. The zero-order valence-electron chi connectivity index (χ0n) is 11.6. The number of amidine groups is 1. The van der Waals surface area contributed by atoms with Crippen LogP contribution in [0.25, 0.3) is 0 Å². The van der Waals surface area contributed by atoms with Crippen molar-refractivity contribution in [2.75, 3.05) is 6.61 Å². The molecule has 2 aromatic heterocycles. The number of ether oxygens (including phenoxy) is 1. The second-order valence-corrected chi connectivity index (χ2v) is 4.51. The van der Waals surface area contributed by atoms with Crippen LogP contribution in [0.4, 0.5) is 0 Å². The molecule has 0 radical (unpaired) electrons. The molecule has 0 atom stereocenters. The third-order valence-corrected chi connectivity index (χ3v) is 3.00. The zero-order chi connectivity index (χ0) is 14.9. The number of nitrogens with zero attached hydrogens (tertiary/aromatic N) is 3. The third-order valence-electron chi connectivity index (χ3n) is 3.00. The van der Waals surface area contributed by atoms with Crippen molar-refractivity contribution in [3.63, 3.8) is 0 Å².